The first kappa shape index (κ1) is 13.6. The fourth-order valence-corrected chi connectivity index (χ4v) is 2.46. The van der Waals surface area contributed by atoms with Crippen molar-refractivity contribution in [2.45, 2.75) is 33.1 Å². The van der Waals surface area contributed by atoms with Crippen molar-refractivity contribution in [3.8, 4) is 11.4 Å². The van der Waals surface area contributed by atoms with Gasteiger partial charge in [-0.3, -0.25) is 0 Å². The van der Waals surface area contributed by atoms with Crippen LogP contribution >= 0.6 is 0 Å². The molecule has 0 aliphatic heterocycles. The summed E-state index contributed by atoms with van der Waals surface area (Å²) in [5.41, 5.74) is 4.75. The highest BCUT2D eigenvalue weighted by Gasteiger charge is 2.10. The molecule has 0 spiro atoms. The van der Waals surface area contributed by atoms with E-state index in [1.165, 1.54) is 10.4 Å². The van der Waals surface area contributed by atoms with Gasteiger partial charge >= 0.3 is 0 Å². The van der Waals surface area contributed by atoms with Crippen LogP contribution in [0.4, 0.5) is 0 Å². The molecule has 1 N–H and O–H groups in total. The van der Waals surface area contributed by atoms with Crippen LogP contribution in [0.5, 0.6) is 5.75 Å². The Hall–Kier alpha value is -2.36. The molecule has 4 heteroatoms. The van der Waals surface area contributed by atoms with Crippen molar-refractivity contribution >= 4 is 11.0 Å². The fraction of sp³-hybridized carbons (Fsp3) is 0.294. The maximum Gasteiger partial charge on any atom is 0.143 e. The first-order chi connectivity index (χ1) is 10.2. The molecule has 0 saturated carbocycles. The zero-order chi connectivity index (χ0) is 14.8. The third-order valence-corrected chi connectivity index (χ3v) is 3.65. The molecule has 3 aromatic rings. The summed E-state index contributed by atoms with van der Waals surface area (Å²) in [5, 5.41) is 19.0. The predicted octanol–water partition coefficient (Wildman–Crippen LogP) is 3.64. The Morgan fingerprint density at radius 3 is 2.48 bits per heavy atom. The van der Waals surface area contributed by atoms with Crippen LogP contribution in [0.3, 0.4) is 0 Å². The molecule has 1 aromatic heterocycles. The second kappa shape index (κ2) is 5.56. The van der Waals surface area contributed by atoms with E-state index in [0.717, 1.165) is 35.9 Å². The van der Waals surface area contributed by atoms with Crippen molar-refractivity contribution in [2.75, 3.05) is 0 Å². The second-order valence-electron chi connectivity index (χ2n) is 5.24. The average molecular weight is 281 g/mol. The van der Waals surface area contributed by atoms with Crippen molar-refractivity contribution in [1.29, 1.82) is 0 Å². The molecule has 1 heterocycles. The highest BCUT2D eigenvalue weighted by atomic mass is 16.3. The normalized spacial score (nSPS) is 11.1. The lowest BCUT2D eigenvalue weighted by Crippen LogP contribution is -1.99. The molecule has 0 radical (unpaired) electrons. The number of aromatic nitrogens is 3. The van der Waals surface area contributed by atoms with Crippen LogP contribution in [-0.4, -0.2) is 20.1 Å². The molecule has 0 atom stereocenters. The number of hydrogen-bond acceptors (Lipinski definition) is 3. The molecule has 0 aliphatic rings. The molecule has 4 nitrogen and oxygen atoms in total. The number of nitrogens with zero attached hydrogens (tertiary/aromatic N) is 3. The van der Waals surface area contributed by atoms with Gasteiger partial charge in [0.1, 0.15) is 22.5 Å². The third-order valence-electron chi connectivity index (χ3n) is 3.65. The van der Waals surface area contributed by atoms with E-state index < -0.39 is 0 Å². The van der Waals surface area contributed by atoms with Gasteiger partial charge in [-0.2, -0.15) is 0 Å². The lowest BCUT2D eigenvalue weighted by Gasteiger charge is -2.04. The van der Waals surface area contributed by atoms with Gasteiger partial charge in [-0.25, -0.2) is 0 Å². The summed E-state index contributed by atoms with van der Waals surface area (Å²) in [6.45, 7) is 4.25. The number of benzene rings is 2. The van der Waals surface area contributed by atoms with Crippen molar-refractivity contribution in [3.05, 3.63) is 47.5 Å². The fourth-order valence-electron chi connectivity index (χ4n) is 2.46. The second-order valence-corrected chi connectivity index (χ2v) is 5.24. The minimum atomic E-state index is 0.196. The number of aromatic hydroxyl groups is 1. The van der Waals surface area contributed by atoms with E-state index in [1.807, 2.05) is 18.2 Å². The zero-order valence-corrected chi connectivity index (χ0v) is 12.4. The number of phenolic OH excluding ortho intramolecular Hbond substituents is 1. The van der Waals surface area contributed by atoms with E-state index >= 15 is 0 Å². The molecular weight excluding hydrogens is 262 g/mol. The topological polar surface area (TPSA) is 50.9 Å². The molecule has 2 aromatic carbocycles. The lowest BCUT2D eigenvalue weighted by atomic mass is 10.1. The number of aryl methyl sites for hydroxylation is 2. The highest BCUT2D eigenvalue weighted by Crippen LogP contribution is 2.23. The Kier molecular flexibility index (Phi) is 3.60. The summed E-state index contributed by atoms with van der Waals surface area (Å²) >= 11 is 0. The lowest BCUT2D eigenvalue weighted by molar-refractivity contribution is 0.467. The summed E-state index contributed by atoms with van der Waals surface area (Å²) in [7, 11) is 0. The van der Waals surface area contributed by atoms with Gasteiger partial charge in [-0.1, -0.05) is 32.4 Å². The van der Waals surface area contributed by atoms with Crippen molar-refractivity contribution in [1.82, 2.24) is 15.0 Å². The van der Waals surface area contributed by atoms with Crippen LogP contribution in [0.2, 0.25) is 0 Å². The number of phenols is 1. The van der Waals surface area contributed by atoms with Crippen LogP contribution < -0.4 is 0 Å². The smallest absolute Gasteiger partial charge is 0.143 e. The van der Waals surface area contributed by atoms with E-state index in [9.17, 15) is 5.11 Å². The molecule has 0 saturated heterocycles. The monoisotopic (exact) mass is 281 g/mol. The summed E-state index contributed by atoms with van der Waals surface area (Å²) < 4.78 is 0. The van der Waals surface area contributed by atoms with E-state index in [0.29, 0.717) is 5.69 Å². The first-order valence-corrected chi connectivity index (χ1v) is 7.39. The Morgan fingerprint density at radius 1 is 0.952 bits per heavy atom. The number of fused-ring (bicyclic) bond motifs is 1. The summed E-state index contributed by atoms with van der Waals surface area (Å²) in [6.07, 6.45) is 3.06. The van der Waals surface area contributed by atoms with Crippen LogP contribution in [-0.2, 0) is 12.8 Å². The minimum Gasteiger partial charge on any atom is -0.506 e. The molecule has 21 heavy (non-hydrogen) atoms. The van der Waals surface area contributed by atoms with Gasteiger partial charge in [0.2, 0.25) is 0 Å². The molecule has 0 aliphatic carbocycles. The Balaban J connectivity index is 2.08. The SMILES string of the molecule is CCCc1ccc2nn(-c3cc(CC)ccc3O)nc2c1. The maximum absolute atomic E-state index is 10.0. The standard InChI is InChI=1S/C17H19N3O/c1-3-5-13-6-8-14-15(10-13)19-20(18-14)16-11-12(4-2)7-9-17(16)21/h6-11,21H,3-5H2,1-2H3. The quantitative estimate of drug-likeness (QED) is 0.794. The van der Waals surface area contributed by atoms with Gasteiger partial charge in [-0.05, 0) is 48.2 Å². The van der Waals surface area contributed by atoms with Crippen LogP contribution in [0.15, 0.2) is 36.4 Å². The van der Waals surface area contributed by atoms with E-state index in [-0.39, 0.29) is 5.75 Å². The molecule has 0 bridgehead atoms. The highest BCUT2D eigenvalue weighted by molar-refractivity contribution is 5.75. The van der Waals surface area contributed by atoms with Gasteiger partial charge in [0, 0.05) is 0 Å². The average Bonchev–Trinajstić information content (AvgIpc) is 2.91. The summed E-state index contributed by atoms with van der Waals surface area (Å²) in [4.78, 5) is 1.52. The van der Waals surface area contributed by atoms with Crippen molar-refractivity contribution in [3.63, 3.8) is 0 Å². The molecule has 0 unspecified atom stereocenters. The minimum absolute atomic E-state index is 0.196. The Labute approximate surface area is 124 Å². The van der Waals surface area contributed by atoms with Gasteiger partial charge < -0.3 is 5.11 Å². The molecule has 0 amide bonds. The maximum atomic E-state index is 10.0. The first-order valence-electron chi connectivity index (χ1n) is 7.39. The van der Waals surface area contributed by atoms with Crippen molar-refractivity contribution in [2.24, 2.45) is 0 Å². The van der Waals surface area contributed by atoms with Crippen LogP contribution in [0, 0.1) is 0 Å². The molecule has 3 rings (SSSR count). The van der Waals surface area contributed by atoms with Gasteiger partial charge in [-0.15, -0.1) is 15.0 Å². The van der Waals surface area contributed by atoms with Gasteiger partial charge in [0.05, 0.1) is 0 Å². The van der Waals surface area contributed by atoms with Gasteiger partial charge in [0.15, 0.2) is 0 Å². The van der Waals surface area contributed by atoms with E-state index in [4.69, 9.17) is 0 Å². The Morgan fingerprint density at radius 2 is 1.71 bits per heavy atom. The Bertz CT molecular complexity index is 777. The van der Waals surface area contributed by atoms with Crippen LogP contribution in [0.25, 0.3) is 16.7 Å². The molecular formula is C17H19N3O. The molecule has 0 fully saturated rings. The largest absolute Gasteiger partial charge is 0.506 e. The zero-order valence-electron chi connectivity index (χ0n) is 12.4. The molecule has 108 valence electrons. The van der Waals surface area contributed by atoms with E-state index in [2.05, 4.69) is 36.2 Å². The van der Waals surface area contributed by atoms with Crippen molar-refractivity contribution < 1.29 is 5.11 Å². The number of hydrogen-bond donors (Lipinski definition) is 1. The van der Waals surface area contributed by atoms with E-state index in [1.54, 1.807) is 6.07 Å². The summed E-state index contributed by atoms with van der Waals surface area (Å²) in [5.74, 6) is 0.196. The third kappa shape index (κ3) is 2.61. The van der Waals surface area contributed by atoms with Gasteiger partial charge in [0.25, 0.3) is 0 Å². The number of rotatable bonds is 4. The predicted molar refractivity (Wildman–Crippen MR) is 83.9 cm³/mol. The van der Waals surface area contributed by atoms with Crippen LogP contribution in [0.1, 0.15) is 31.4 Å². The summed E-state index contributed by atoms with van der Waals surface area (Å²) in [6, 6.07) is 11.7.